The van der Waals surface area contributed by atoms with Crippen LogP contribution in [0, 0.1) is 0 Å². The second-order valence-electron chi connectivity index (χ2n) is 4.57. The van der Waals surface area contributed by atoms with Gasteiger partial charge in [-0.3, -0.25) is 0 Å². The van der Waals surface area contributed by atoms with Crippen molar-refractivity contribution in [2.45, 2.75) is 23.7 Å². The maximum atomic E-state index is 4.59. The molecule has 3 rings (SSSR count). The lowest BCUT2D eigenvalue weighted by atomic mass is 10.3. The Morgan fingerprint density at radius 1 is 1.26 bits per heavy atom. The van der Waals surface area contributed by atoms with Gasteiger partial charge in [0.2, 0.25) is 0 Å². The summed E-state index contributed by atoms with van der Waals surface area (Å²) in [7, 11) is 0. The van der Waals surface area contributed by atoms with E-state index < -0.39 is 0 Å². The predicted molar refractivity (Wildman–Crippen MR) is 83.2 cm³/mol. The highest BCUT2D eigenvalue weighted by Crippen LogP contribution is 2.39. The van der Waals surface area contributed by atoms with Gasteiger partial charge in [0.1, 0.15) is 16.2 Å². The van der Waals surface area contributed by atoms with E-state index in [2.05, 4.69) is 49.6 Å². The van der Waals surface area contributed by atoms with Gasteiger partial charge in [-0.1, -0.05) is 6.07 Å². The van der Waals surface area contributed by atoms with Gasteiger partial charge in [-0.25, -0.2) is 9.97 Å². The molecule has 0 aliphatic heterocycles. The molecule has 1 heterocycles. The molecule has 0 saturated heterocycles. The molecule has 1 saturated carbocycles. The summed E-state index contributed by atoms with van der Waals surface area (Å²) in [5, 5.41) is 3.35. The highest BCUT2D eigenvalue weighted by molar-refractivity contribution is 9.10. The Morgan fingerprint density at radius 2 is 2.11 bits per heavy atom. The fourth-order valence-electron chi connectivity index (χ4n) is 1.87. The zero-order valence-corrected chi connectivity index (χ0v) is 13.0. The second-order valence-corrected chi connectivity index (χ2v) is 6.26. The third-order valence-corrected chi connectivity index (χ3v) is 4.13. The van der Waals surface area contributed by atoms with Gasteiger partial charge in [0.05, 0.1) is 0 Å². The van der Waals surface area contributed by atoms with Crippen LogP contribution >= 0.6 is 27.7 Å². The molecule has 19 heavy (non-hydrogen) atoms. The first-order chi connectivity index (χ1) is 9.24. The first-order valence-electron chi connectivity index (χ1n) is 6.20. The summed E-state index contributed by atoms with van der Waals surface area (Å²) in [5.74, 6) is 2.34. The van der Waals surface area contributed by atoms with Crippen molar-refractivity contribution in [1.82, 2.24) is 9.97 Å². The van der Waals surface area contributed by atoms with Crippen molar-refractivity contribution in [3.05, 3.63) is 40.8 Å². The van der Waals surface area contributed by atoms with Crippen molar-refractivity contribution in [3.8, 4) is 0 Å². The van der Waals surface area contributed by atoms with Crippen molar-refractivity contribution in [2.24, 2.45) is 0 Å². The van der Waals surface area contributed by atoms with Gasteiger partial charge in [0, 0.05) is 22.6 Å². The molecular weight excluding hydrogens is 322 g/mol. The van der Waals surface area contributed by atoms with Crippen LogP contribution < -0.4 is 5.32 Å². The van der Waals surface area contributed by atoms with Crippen LogP contribution in [-0.2, 0) is 0 Å². The van der Waals surface area contributed by atoms with E-state index in [1.807, 2.05) is 18.2 Å². The molecule has 2 aromatic rings. The van der Waals surface area contributed by atoms with Crippen molar-refractivity contribution >= 4 is 39.2 Å². The number of hydrogen-bond donors (Lipinski definition) is 1. The van der Waals surface area contributed by atoms with Gasteiger partial charge in [0.15, 0.2) is 0 Å². The minimum atomic E-state index is 0.551. The average Bonchev–Trinajstić information content (AvgIpc) is 3.22. The van der Waals surface area contributed by atoms with Crippen LogP contribution in [-0.4, -0.2) is 16.2 Å². The van der Waals surface area contributed by atoms with E-state index in [4.69, 9.17) is 0 Å². The number of benzene rings is 1. The molecule has 98 valence electrons. The summed E-state index contributed by atoms with van der Waals surface area (Å²) in [6.45, 7) is 0. The monoisotopic (exact) mass is 335 g/mol. The maximum absolute atomic E-state index is 4.59. The molecular formula is C14H14BrN3S. The molecule has 3 nitrogen and oxygen atoms in total. The van der Waals surface area contributed by atoms with E-state index in [-0.39, 0.29) is 0 Å². The third kappa shape index (κ3) is 3.28. The summed E-state index contributed by atoms with van der Waals surface area (Å²) >= 11 is 5.19. The summed E-state index contributed by atoms with van der Waals surface area (Å²) in [5.41, 5.74) is 1.05. The van der Waals surface area contributed by atoms with Crippen LogP contribution in [0.4, 0.5) is 11.5 Å². The van der Waals surface area contributed by atoms with Crippen LogP contribution in [0.1, 0.15) is 24.6 Å². The van der Waals surface area contributed by atoms with Gasteiger partial charge in [-0.05, 0) is 53.2 Å². The number of rotatable bonds is 4. The average molecular weight is 336 g/mol. The third-order valence-electron chi connectivity index (χ3n) is 3.00. The minimum Gasteiger partial charge on any atom is -0.340 e. The summed E-state index contributed by atoms with van der Waals surface area (Å²) < 4.78 is 0.841. The molecule has 0 atom stereocenters. The topological polar surface area (TPSA) is 37.8 Å². The number of thioether (sulfide) groups is 1. The number of nitrogens with zero attached hydrogens (tertiary/aromatic N) is 2. The van der Waals surface area contributed by atoms with Crippen LogP contribution in [0.15, 0.2) is 39.8 Å². The van der Waals surface area contributed by atoms with E-state index in [1.54, 1.807) is 11.8 Å². The lowest BCUT2D eigenvalue weighted by molar-refractivity contribution is 0.919. The van der Waals surface area contributed by atoms with E-state index in [0.29, 0.717) is 5.92 Å². The molecule has 1 aliphatic rings. The summed E-state index contributed by atoms with van der Waals surface area (Å²) in [4.78, 5) is 10.3. The minimum absolute atomic E-state index is 0.551. The molecule has 0 bridgehead atoms. The molecule has 0 radical (unpaired) electrons. The number of hydrogen-bond acceptors (Lipinski definition) is 4. The zero-order valence-electron chi connectivity index (χ0n) is 10.6. The molecule has 0 amide bonds. The second kappa shape index (κ2) is 5.51. The van der Waals surface area contributed by atoms with Crippen LogP contribution in [0.2, 0.25) is 0 Å². The Labute approximate surface area is 125 Å². The highest BCUT2D eigenvalue weighted by atomic mass is 79.9. The Kier molecular flexibility index (Phi) is 3.75. The van der Waals surface area contributed by atoms with Crippen molar-refractivity contribution < 1.29 is 0 Å². The zero-order chi connectivity index (χ0) is 13.2. The van der Waals surface area contributed by atoms with E-state index >= 15 is 0 Å². The first kappa shape index (κ1) is 12.9. The molecule has 1 aliphatic carbocycles. The van der Waals surface area contributed by atoms with Crippen molar-refractivity contribution in [2.75, 3.05) is 11.6 Å². The Bertz CT molecular complexity index is 599. The molecule has 1 aromatic carbocycles. The van der Waals surface area contributed by atoms with Crippen LogP contribution in [0.5, 0.6) is 0 Å². The number of halogens is 1. The standard InChI is InChI=1S/C14H14BrN3S/c1-19-11-4-2-3-10(7-11)16-13-8-12(15)17-14(18-13)9-5-6-9/h2-4,7-9H,5-6H2,1H3,(H,16,17,18). The Morgan fingerprint density at radius 3 is 2.84 bits per heavy atom. The van der Waals surface area contributed by atoms with Gasteiger partial charge in [0.25, 0.3) is 0 Å². The largest absolute Gasteiger partial charge is 0.340 e. The molecule has 1 N–H and O–H groups in total. The van der Waals surface area contributed by atoms with Gasteiger partial charge >= 0.3 is 0 Å². The quantitative estimate of drug-likeness (QED) is 0.655. The number of aromatic nitrogens is 2. The maximum Gasteiger partial charge on any atom is 0.135 e. The molecule has 0 unspecified atom stereocenters. The first-order valence-corrected chi connectivity index (χ1v) is 8.22. The van der Waals surface area contributed by atoms with E-state index in [1.165, 1.54) is 17.7 Å². The summed E-state index contributed by atoms with van der Waals surface area (Å²) in [6.07, 6.45) is 4.49. The SMILES string of the molecule is CSc1cccc(Nc2cc(Br)nc(C3CC3)n2)c1. The molecule has 5 heteroatoms. The predicted octanol–water partition coefficient (Wildman–Crippen LogP) is 4.58. The highest BCUT2D eigenvalue weighted by Gasteiger charge is 2.27. The van der Waals surface area contributed by atoms with Crippen LogP contribution in [0.25, 0.3) is 0 Å². The molecule has 0 spiro atoms. The Balaban J connectivity index is 1.85. The van der Waals surface area contributed by atoms with E-state index in [0.717, 1.165) is 21.9 Å². The normalized spacial score (nSPS) is 14.4. The fourth-order valence-corrected chi connectivity index (χ4v) is 2.73. The van der Waals surface area contributed by atoms with Gasteiger partial charge in [-0.2, -0.15) is 0 Å². The molecule has 1 aromatic heterocycles. The van der Waals surface area contributed by atoms with Gasteiger partial charge in [-0.15, -0.1) is 11.8 Å². The number of anilines is 2. The Hall–Kier alpha value is -1.07. The lowest BCUT2D eigenvalue weighted by Gasteiger charge is -2.08. The smallest absolute Gasteiger partial charge is 0.135 e. The van der Waals surface area contributed by atoms with Crippen molar-refractivity contribution in [1.29, 1.82) is 0 Å². The summed E-state index contributed by atoms with van der Waals surface area (Å²) in [6, 6.07) is 10.2. The number of nitrogens with one attached hydrogen (secondary N) is 1. The van der Waals surface area contributed by atoms with Crippen molar-refractivity contribution in [3.63, 3.8) is 0 Å². The molecule has 1 fully saturated rings. The van der Waals surface area contributed by atoms with E-state index in [9.17, 15) is 0 Å². The van der Waals surface area contributed by atoms with Crippen LogP contribution in [0.3, 0.4) is 0 Å². The fraction of sp³-hybridized carbons (Fsp3) is 0.286. The lowest BCUT2D eigenvalue weighted by Crippen LogP contribution is -1.99. The van der Waals surface area contributed by atoms with Gasteiger partial charge < -0.3 is 5.32 Å².